The molecule has 1 N–H and O–H groups in total. The standard InChI is InChI=1S/C13H17FN2O2S/c1-8(7-17-2)6-16-11-5-12(18-3)9(14)4-10(11)15-13(16)19/h4-5,8H,6-7H2,1-3H3,(H,15,19). The van der Waals surface area contributed by atoms with Gasteiger partial charge in [0.2, 0.25) is 0 Å². The van der Waals surface area contributed by atoms with Crippen molar-refractivity contribution >= 4 is 23.3 Å². The van der Waals surface area contributed by atoms with Crippen molar-refractivity contribution in [3.05, 3.63) is 22.7 Å². The molecule has 4 nitrogen and oxygen atoms in total. The Labute approximate surface area is 116 Å². The molecule has 0 saturated carbocycles. The predicted octanol–water partition coefficient (Wildman–Crippen LogP) is 3.13. The highest BCUT2D eigenvalue weighted by Crippen LogP contribution is 2.25. The number of methoxy groups -OCH3 is 2. The molecule has 0 aliphatic heterocycles. The third-order valence-corrected chi connectivity index (χ3v) is 3.32. The second-order valence-electron chi connectivity index (χ2n) is 4.61. The highest BCUT2D eigenvalue weighted by Gasteiger charge is 2.12. The van der Waals surface area contributed by atoms with Gasteiger partial charge in [0.25, 0.3) is 0 Å². The lowest BCUT2D eigenvalue weighted by Gasteiger charge is -2.12. The monoisotopic (exact) mass is 284 g/mol. The van der Waals surface area contributed by atoms with E-state index in [1.54, 1.807) is 13.2 Å². The van der Waals surface area contributed by atoms with E-state index in [0.717, 1.165) is 5.52 Å². The van der Waals surface area contributed by atoms with E-state index in [4.69, 9.17) is 21.7 Å². The number of halogens is 1. The molecule has 1 unspecified atom stereocenters. The summed E-state index contributed by atoms with van der Waals surface area (Å²) in [4.78, 5) is 3.01. The van der Waals surface area contributed by atoms with Crippen LogP contribution in [0.15, 0.2) is 12.1 Å². The number of aromatic nitrogens is 2. The Kier molecular flexibility index (Phi) is 4.21. The van der Waals surface area contributed by atoms with E-state index in [2.05, 4.69) is 11.9 Å². The maximum atomic E-state index is 13.6. The molecule has 1 aromatic carbocycles. The fourth-order valence-electron chi connectivity index (χ4n) is 2.14. The van der Waals surface area contributed by atoms with Crippen LogP contribution in [0.25, 0.3) is 11.0 Å². The van der Waals surface area contributed by atoms with Crippen molar-refractivity contribution in [2.24, 2.45) is 5.92 Å². The van der Waals surface area contributed by atoms with Crippen LogP contribution in [0.3, 0.4) is 0 Å². The second kappa shape index (κ2) is 5.71. The summed E-state index contributed by atoms with van der Waals surface area (Å²) in [6.07, 6.45) is 0. The molecule has 104 valence electrons. The average molecular weight is 284 g/mol. The van der Waals surface area contributed by atoms with Crippen molar-refractivity contribution in [3.8, 4) is 5.75 Å². The SMILES string of the molecule is COCC(C)Cn1c(=S)[nH]c2cc(F)c(OC)cc21. The Balaban J connectivity index is 2.48. The van der Waals surface area contributed by atoms with Crippen molar-refractivity contribution in [1.29, 1.82) is 0 Å². The zero-order chi connectivity index (χ0) is 14.0. The number of benzene rings is 1. The number of nitrogens with zero attached hydrogens (tertiary/aromatic N) is 1. The molecule has 1 aromatic heterocycles. The summed E-state index contributed by atoms with van der Waals surface area (Å²) in [5, 5.41) is 0. The summed E-state index contributed by atoms with van der Waals surface area (Å²) in [6.45, 7) is 3.43. The first-order chi connectivity index (χ1) is 9.06. The molecule has 0 aliphatic carbocycles. The van der Waals surface area contributed by atoms with E-state index in [-0.39, 0.29) is 5.75 Å². The summed E-state index contributed by atoms with van der Waals surface area (Å²) in [5.41, 5.74) is 1.51. The minimum atomic E-state index is -0.400. The van der Waals surface area contributed by atoms with Gasteiger partial charge in [0.05, 0.1) is 24.8 Å². The Bertz CT molecular complexity index is 635. The molecule has 2 aromatic rings. The molecule has 2 rings (SSSR count). The van der Waals surface area contributed by atoms with Crippen molar-refractivity contribution in [3.63, 3.8) is 0 Å². The Morgan fingerprint density at radius 1 is 1.42 bits per heavy atom. The first-order valence-corrected chi connectivity index (χ1v) is 6.42. The van der Waals surface area contributed by atoms with Gasteiger partial charge in [0.15, 0.2) is 16.3 Å². The summed E-state index contributed by atoms with van der Waals surface area (Å²) in [6, 6.07) is 3.07. The van der Waals surface area contributed by atoms with Gasteiger partial charge in [-0.05, 0) is 18.1 Å². The molecule has 0 radical (unpaired) electrons. The molecular formula is C13H17FN2O2S. The molecule has 0 bridgehead atoms. The van der Waals surface area contributed by atoms with Gasteiger partial charge in [0, 0.05) is 25.8 Å². The molecule has 1 heterocycles. The smallest absolute Gasteiger partial charge is 0.178 e. The Morgan fingerprint density at radius 3 is 2.79 bits per heavy atom. The first kappa shape index (κ1) is 14.0. The summed E-state index contributed by atoms with van der Waals surface area (Å²) in [5.74, 6) is 0.129. The number of nitrogens with one attached hydrogen (secondary N) is 1. The number of fused-ring (bicyclic) bond motifs is 1. The molecular weight excluding hydrogens is 267 g/mol. The molecule has 19 heavy (non-hydrogen) atoms. The number of hydrogen-bond acceptors (Lipinski definition) is 3. The van der Waals surface area contributed by atoms with E-state index in [9.17, 15) is 4.39 Å². The highest BCUT2D eigenvalue weighted by molar-refractivity contribution is 7.71. The fraction of sp³-hybridized carbons (Fsp3) is 0.462. The van der Waals surface area contributed by atoms with E-state index in [1.807, 2.05) is 4.57 Å². The van der Waals surface area contributed by atoms with Crippen LogP contribution in [0.2, 0.25) is 0 Å². The van der Waals surface area contributed by atoms with Crippen LogP contribution < -0.4 is 4.74 Å². The third kappa shape index (κ3) is 2.79. The number of rotatable bonds is 5. The van der Waals surface area contributed by atoms with Crippen LogP contribution in [0.4, 0.5) is 4.39 Å². The Morgan fingerprint density at radius 2 is 2.16 bits per heavy atom. The fourth-order valence-corrected chi connectivity index (χ4v) is 2.43. The molecule has 0 aliphatic rings. The van der Waals surface area contributed by atoms with Crippen molar-refractivity contribution in [2.45, 2.75) is 13.5 Å². The van der Waals surface area contributed by atoms with Crippen molar-refractivity contribution in [2.75, 3.05) is 20.8 Å². The molecule has 0 spiro atoms. The largest absolute Gasteiger partial charge is 0.494 e. The van der Waals surface area contributed by atoms with Gasteiger partial charge in [-0.25, -0.2) is 4.39 Å². The minimum Gasteiger partial charge on any atom is -0.494 e. The van der Waals surface area contributed by atoms with E-state index >= 15 is 0 Å². The van der Waals surface area contributed by atoms with Gasteiger partial charge in [-0.2, -0.15) is 0 Å². The first-order valence-electron chi connectivity index (χ1n) is 6.01. The van der Waals surface area contributed by atoms with E-state index < -0.39 is 5.82 Å². The van der Waals surface area contributed by atoms with E-state index in [0.29, 0.717) is 29.4 Å². The summed E-state index contributed by atoms with van der Waals surface area (Å²) >= 11 is 5.28. The Hall–Kier alpha value is -1.40. The summed E-state index contributed by atoms with van der Waals surface area (Å²) < 4.78 is 26.3. The van der Waals surface area contributed by atoms with Gasteiger partial charge >= 0.3 is 0 Å². The lowest BCUT2D eigenvalue weighted by Crippen LogP contribution is -2.12. The number of imidazole rings is 1. The molecule has 0 saturated heterocycles. The number of aromatic amines is 1. The molecule has 0 fully saturated rings. The highest BCUT2D eigenvalue weighted by atomic mass is 32.1. The average Bonchev–Trinajstić information content (AvgIpc) is 2.64. The van der Waals surface area contributed by atoms with Crippen LogP contribution in [-0.4, -0.2) is 30.4 Å². The van der Waals surface area contributed by atoms with Crippen molar-refractivity contribution in [1.82, 2.24) is 9.55 Å². The van der Waals surface area contributed by atoms with Gasteiger partial charge in [0.1, 0.15) is 0 Å². The quantitative estimate of drug-likeness (QED) is 0.857. The molecule has 1 atom stereocenters. The third-order valence-electron chi connectivity index (χ3n) is 2.99. The zero-order valence-corrected chi connectivity index (χ0v) is 12.0. The minimum absolute atomic E-state index is 0.217. The van der Waals surface area contributed by atoms with Crippen LogP contribution in [0.5, 0.6) is 5.75 Å². The topological polar surface area (TPSA) is 39.2 Å². The normalized spacial score (nSPS) is 12.8. The van der Waals surface area contributed by atoms with Gasteiger partial charge in [-0.1, -0.05) is 6.92 Å². The summed E-state index contributed by atoms with van der Waals surface area (Å²) in [7, 11) is 3.12. The number of hydrogen-bond donors (Lipinski definition) is 1. The lowest BCUT2D eigenvalue weighted by molar-refractivity contribution is 0.152. The van der Waals surface area contributed by atoms with Crippen LogP contribution in [0.1, 0.15) is 6.92 Å². The maximum Gasteiger partial charge on any atom is 0.178 e. The molecule has 6 heteroatoms. The maximum absolute atomic E-state index is 13.6. The zero-order valence-electron chi connectivity index (χ0n) is 11.2. The van der Waals surface area contributed by atoms with Crippen LogP contribution in [0, 0.1) is 16.5 Å². The van der Waals surface area contributed by atoms with Crippen LogP contribution >= 0.6 is 12.2 Å². The van der Waals surface area contributed by atoms with Gasteiger partial charge < -0.3 is 19.0 Å². The second-order valence-corrected chi connectivity index (χ2v) is 4.99. The van der Waals surface area contributed by atoms with E-state index in [1.165, 1.54) is 13.2 Å². The number of ether oxygens (including phenoxy) is 2. The van der Waals surface area contributed by atoms with Crippen LogP contribution in [-0.2, 0) is 11.3 Å². The lowest BCUT2D eigenvalue weighted by atomic mass is 10.2. The van der Waals surface area contributed by atoms with Crippen molar-refractivity contribution < 1.29 is 13.9 Å². The number of H-pyrrole nitrogens is 1. The molecule has 0 amide bonds. The van der Waals surface area contributed by atoms with Gasteiger partial charge in [-0.3, -0.25) is 0 Å². The van der Waals surface area contributed by atoms with Gasteiger partial charge in [-0.15, -0.1) is 0 Å². The predicted molar refractivity (Wildman–Crippen MR) is 74.7 cm³/mol.